The third-order valence-electron chi connectivity index (χ3n) is 12.1. The van der Waals surface area contributed by atoms with Gasteiger partial charge in [-0.25, -0.2) is 15.0 Å². The van der Waals surface area contributed by atoms with Crippen molar-refractivity contribution in [3.63, 3.8) is 0 Å². The number of fused-ring (bicyclic) bond motifs is 6. The smallest absolute Gasteiger partial charge is 0.164 e. The molecule has 3 heterocycles. The maximum absolute atomic E-state index is 9.66. The summed E-state index contributed by atoms with van der Waals surface area (Å²) in [4.78, 5) is 15.8. The first kappa shape index (κ1) is 36.9. The summed E-state index contributed by atoms with van der Waals surface area (Å²) in [6.45, 7) is 0. The van der Waals surface area contributed by atoms with E-state index in [1.165, 1.54) is 5.56 Å². The van der Waals surface area contributed by atoms with E-state index in [2.05, 4.69) is 156 Å². The molecular formula is C58H35N5O. The molecule has 0 saturated heterocycles. The molecule has 0 N–H and O–H groups in total. The first-order valence-corrected chi connectivity index (χ1v) is 21.2. The van der Waals surface area contributed by atoms with Gasteiger partial charge in [-0.3, -0.25) is 0 Å². The van der Waals surface area contributed by atoms with Crippen LogP contribution in [-0.4, -0.2) is 19.5 Å². The van der Waals surface area contributed by atoms with E-state index in [-0.39, 0.29) is 0 Å². The van der Waals surface area contributed by atoms with Crippen molar-refractivity contribution in [1.82, 2.24) is 19.5 Å². The van der Waals surface area contributed by atoms with Crippen LogP contribution < -0.4 is 0 Å². The van der Waals surface area contributed by atoms with E-state index >= 15 is 0 Å². The van der Waals surface area contributed by atoms with E-state index in [4.69, 9.17) is 19.4 Å². The highest BCUT2D eigenvalue weighted by Gasteiger charge is 2.21. The lowest BCUT2D eigenvalue weighted by Gasteiger charge is -2.11. The summed E-state index contributed by atoms with van der Waals surface area (Å²) in [5.74, 6) is 1.62. The topological polar surface area (TPSA) is 80.5 Å². The van der Waals surface area contributed by atoms with E-state index in [0.29, 0.717) is 23.0 Å². The van der Waals surface area contributed by atoms with Crippen LogP contribution in [0.4, 0.5) is 0 Å². The first-order valence-electron chi connectivity index (χ1n) is 21.2. The molecule has 12 rings (SSSR count). The summed E-state index contributed by atoms with van der Waals surface area (Å²) >= 11 is 0. The molecule has 64 heavy (non-hydrogen) atoms. The van der Waals surface area contributed by atoms with Crippen LogP contribution in [0.2, 0.25) is 0 Å². The number of rotatable bonds is 7. The van der Waals surface area contributed by atoms with Gasteiger partial charge in [-0.15, -0.1) is 0 Å². The van der Waals surface area contributed by atoms with Crippen LogP contribution in [-0.2, 0) is 0 Å². The van der Waals surface area contributed by atoms with Gasteiger partial charge in [-0.2, -0.15) is 5.26 Å². The molecular weight excluding hydrogens is 783 g/mol. The second kappa shape index (κ2) is 15.2. The van der Waals surface area contributed by atoms with Gasteiger partial charge in [0.25, 0.3) is 0 Å². The van der Waals surface area contributed by atoms with Crippen LogP contribution in [0.1, 0.15) is 5.56 Å². The van der Waals surface area contributed by atoms with Gasteiger partial charge in [0, 0.05) is 43.9 Å². The van der Waals surface area contributed by atoms with E-state index in [9.17, 15) is 5.26 Å². The average Bonchev–Trinajstić information content (AvgIpc) is 3.92. The number of hydrogen-bond acceptors (Lipinski definition) is 5. The summed E-state index contributed by atoms with van der Waals surface area (Å²) < 4.78 is 8.96. The van der Waals surface area contributed by atoms with Crippen LogP contribution >= 0.6 is 0 Å². The molecule has 0 aliphatic carbocycles. The molecule has 0 amide bonds. The molecule has 0 spiro atoms. The highest BCUT2D eigenvalue weighted by molar-refractivity contribution is 6.16. The van der Waals surface area contributed by atoms with Crippen molar-refractivity contribution in [2.45, 2.75) is 0 Å². The van der Waals surface area contributed by atoms with Crippen molar-refractivity contribution >= 4 is 43.7 Å². The third kappa shape index (κ3) is 6.31. The van der Waals surface area contributed by atoms with Crippen LogP contribution in [0.3, 0.4) is 0 Å². The van der Waals surface area contributed by atoms with Gasteiger partial charge in [0.2, 0.25) is 0 Å². The molecule has 0 fully saturated rings. The Labute approximate surface area is 368 Å². The zero-order chi connectivity index (χ0) is 42.6. The van der Waals surface area contributed by atoms with Crippen LogP contribution in [0.5, 0.6) is 0 Å². The molecule has 0 aliphatic heterocycles. The Morgan fingerprint density at radius 1 is 0.375 bits per heavy atom. The fourth-order valence-corrected chi connectivity index (χ4v) is 9.12. The summed E-state index contributed by atoms with van der Waals surface area (Å²) in [5.41, 5.74) is 14.4. The zero-order valence-electron chi connectivity index (χ0n) is 34.4. The number of furan rings is 1. The van der Waals surface area contributed by atoms with E-state index < -0.39 is 0 Å². The highest BCUT2D eigenvalue weighted by atomic mass is 16.3. The van der Waals surface area contributed by atoms with Crippen molar-refractivity contribution in [1.29, 1.82) is 5.26 Å². The van der Waals surface area contributed by atoms with Crippen molar-refractivity contribution < 1.29 is 4.42 Å². The lowest BCUT2D eigenvalue weighted by Crippen LogP contribution is -2.01. The van der Waals surface area contributed by atoms with Crippen molar-refractivity contribution in [2.24, 2.45) is 0 Å². The normalized spacial score (nSPS) is 11.4. The summed E-state index contributed by atoms with van der Waals surface area (Å²) in [6, 6.07) is 75.0. The molecule has 298 valence electrons. The SMILES string of the molecule is N#Cc1cccc(-c2cccc(-c3nc(-c4ccc5c(c4)oc4cccc(-c6cccc(-c7ccccc7)c6)c45)nc(-c4cccc5c4c4ccccc4n5-c4ccccc4)n3)c2)c1. The van der Waals surface area contributed by atoms with Crippen LogP contribution in [0.25, 0.3) is 117 Å². The number of para-hydroxylation sites is 2. The van der Waals surface area contributed by atoms with Gasteiger partial charge in [0.1, 0.15) is 11.2 Å². The molecule has 0 atom stereocenters. The monoisotopic (exact) mass is 817 g/mol. The van der Waals surface area contributed by atoms with Crippen molar-refractivity contribution in [2.75, 3.05) is 0 Å². The Morgan fingerprint density at radius 2 is 0.953 bits per heavy atom. The van der Waals surface area contributed by atoms with E-state index in [1.807, 2.05) is 66.7 Å². The van der Waals surface area contributed by atoms with Gasteiger partial charge in [-0.1, -0.05) is 146 Å². The third-order valence-corrected chi connectivity index (χ3v) is 12.1. The Bertz CT molecular complexity index is 3800. The minimum atomic E-state index is 0.527. The fraction of sp³-hybridized carbons (Fsp3) is 0. The molecule has 0 radical (unpaired) electrons. The summed E-state index contributed by atoms with van der Waals surface area (Å²) in [6.07, 6.45) is 0. The molecule has 0 saturated carbocycles. The minimum absolute atomic E-state index is 0.527. The summed E-state index contributed by atoms with van der Waals surface area (Å²) in [7, 11) is 0. The molecule has 6 heteroatoms. The largest absolute Gasteiger partial charge is 0.456 e. The second-order valence-corrected chi connectivity index (χ2v) is 15.9. The predicted molar refractivity (Wildman–Crippen MR) is 259 cm³/mol. The minimum Gasteiger partial charge on any atom is -0.456 e. The fourth-order valence-electron chi connectivity index (χ4n) is 9.12. The van der Waals surface area contributed by atoms with E-state index in [1.54, 1.807) is 0 Å². The zero-order valence-corrected chi connectivity index (χ0v) is 34.4. The second-order valence-electron chi connectivity index (χ2n) is 15.9. The molecule has 0 aliphatic rings. The van der Waals surface area contributed by atoms with Gasteiger partial charge in [-0.05, 0) is 100 Å². The Morgan fingerprint density at radius 3 is 1.77 bits per heavy atom. The molecule has 3 aromatic heterocycles. The molecule has 6 nitrogen and oxygen atoms in total. The quantitative estimate of drug-likeness (QED) is 0.160. The Kier molecular flexibility index (Phi) is 8.77. The van der Waals surface area contributed by atoms with Crippen LogP contribution in [0.15, 0.2) is 217 Å². The predicted octanol–water partition coefficient (Wildman–Crippen LogP) is 14.7. The number of nitrogens with zero attached hydrogens (tertiary/aromatic N) is 5. The lowest BCUT2D eigenvalue weighted by molar-refractivity contribution is 0.669. The maximum Gasteiger partial charge on any atom is 0.164 e. The van der Waals surface area contributed by atoms with Crippen LogP contribution in [0, 0.1) is 11.3 Å². The Hall–Kier alpha value is -8.92. The molecule has 12 aromatic rings. The number of hydrogen-bond donors (Lipinski definition) is 0. The standard InChI is InChI=1S/C58H35N5O/c59-36-37-14-9-17-39(32-37)41-19-11-21-43(34-41)56-60-57(62-58(61-56)49-26-12-28-51-54(49)47-24-7-8-27-50(47)63(51)45-22-5-2-6-23-45)44-30-31-48-53(35-44)64-52-29-13-25-46(55(48)52)42-20-10-18-40(33-42)38-15-3-1-4-16-38/h1-35H. The molecule has 0 unspecified atom stereocenters. The molecule has 9 aromatic carbocycles. The van der Waals surface area contributed by atoms with Gasteiger partial charge in [0.15, 0.2) is 17.5 Å². The lowest BCUT2D eigenvalue weighted by atomic mass is 9.96. The first-order chi connectivity index (χ1) is 31.7. The van der Waals surface area contributed by atoms with Crippen molar-refractivity contribution in [3.05, 3.63) is 218 Å². The van der Waals surface area contributed by atoms with E-state index in [0.717, 1.165) is 93.9 Å². The van der Waals surface area contributed by atoms with Gasteiger partial charge < -0.3 is 8.98 Å². The number of aromatic nitrogens is 4. The average molecular weight is 818 g/mol. The van der Waals surface area contributed by atoms with Gasteiger partial charge >= 0.3 is 0 Å². The van der Waals surface area contributed by atoms with Gasteiger partial charge in [0.05, 0.1) is 22.7 Å². The number of benzene rings is 9. The number of nitriles is 1. The maximum atomic E-state index is 9.66. The Balaban J connectivity index is 1.05. The highest BCUT2D eigenvalue weighted by Crippen LogP contribution is 2.41. The summed E-state index contributed by atoms with van der Waals surface area (Å²) in [5, 5.41) is 13.9. The molecule has 0 bridgehead atoms. The van der Waals surface area contributed by atoms with Crippen molar-refractivity contribution in [3.8, 4) is 79.3 Å².